The lowest BCUT2D eigenvalue weighted by atomic mass is 10.2. The number of rotatable bonds is 2. The topological polar surface area (TPSA) is 49.6 Å². The molecule has 1 aliphatic carbocycles. The van der Waals surface area contributed by atoms with Gasteiger partial charge in [0.25, 0.3) is 0 Å². The first-order valence-corrected chi connectivity index (χ1v) is 5.85. The van der Waals surface area contributed by atoms with E-state index < -0.39 is 5.54 Å². The molecule has 1 aliphatic heterocycles. The number of carbonyl (C=O) groups is 1. The van der Waals surface area contributed by atoms with E-state index >= 15 is 0 Å². The smallest absolute Gasteiger partial charge is 0.242 e. The Bertz CT molecular complexity index is 261. The average Bonchev–Trinajstić information content (AvgIpc) is 2.97. The molecule has 0 aromatic heterocycles. The molecule has 0 aromatic rings. The summed E-state index contributed by atoms with van der Waals surface area (Å²) in [7, 11) is 0. The average molecular weight is 284 g/mol. The number of piperazine rings is 1. The number of nitrogens with two attached hydrogens (primary N) is 1. The van der Waals surface area contributed by atoms with Gasteiger partial charge in [-0.3, -0.25) is 9.69 Å². The Balaban J connectivity index is 0.00000128. The first kappa shape index (κ1) is 17.0. The van der Waals surface area contributed by atoms with Crippen molar-refractivity contribution in [2.75, 3.05) is 26.2 Å². The van der Waals surface area contributed by atoms with Crippen LogP contribution in [0.4, 0.5) is 0 Å². The highest BCUT2D eigenvalue weighted by Gasteiger charge is 2.48. The summed E-state index contributed by atoms with van der Waals surface area (Å²) in [6.07, 6.45) is 1.74. The van der Waals surface area contributed by atoms with Gasteiger partial charge in [0.2, 0.25) is 5.91 Å². The molecule has 1 saturated carbocycles. The second kappa shape index (κ2) is 6.23. The van der Waals surface area contributed by atoms with Gasteiger partial charge >= 0.3 is 0 Å². The Morgan fingerprint density at radius 2 is 1.59 bits per heavy atom. The number of amides is 1. The molecule has 0 spiro atoms. The van der Waals surface area contributed by atoms with E-state index in [2.05, 4.69) is 18.7 Å². The van der Waals surface area contributed by atoms with Crippen LogP contribution in [0.25, 0.3) is 0 Å². The van der Waals surface area contributed by atoms with Crippen molar-refractivity contribution in [3.05, 3.63) is 0 Å². The minimum atomic E-state index is -0.486. The van der Waals surface area contributed by atoms with Crippen molar-refractivity contribution >= 4 is 30.7 Å². The SMILES string of the molecule is CC(C)N1CCN(C(=O)C2(N)CC2)CC1.Cl.Cl. The summed E-state index contributed by atoms with van der Waals surface area (Å²) >= 11 is 0. The van der Waals surface area contributed by atoms with Gasteiger partial charge in [-0.1, -0.05) is 0 Å². The molecule has 2 N–H and O–H groups in total. The van der Waals surface area contributed by atoms with E-state index in [1.54, 1.807) is 0 Å². The Hall–Kier alpha value is -0.0300. The van der Waals surface area contributed by atoms with Gasteiger partial charge < -0.3 is 10.6 Å². The van der Waals surface area contributed by atoms with Crippen LogP contribution in [0.2, 0.25) is 0 Å². The molecule has 0 radical (unpaired) electrons. The monoisotopic (exact) mass is 283 g/mol. The summed E-state index contributed by atoms with van der Waals surface area (Å²) in [5, 5.41) is 0. The third kappa shape index (κ3) is 3.71. The van der Waals surface area contributed by atoms with Gasteiger partial charge in [0.1, 0.15) is 0 Å². The largest absolute Gasteiger partial charge is 0.339 e. The summed E-state index contributed by atoms with van der Waals surface area (Å²) in [6.45, 7) is 8.05. The van der Waals surface area contributed by atoms with Crippen LogP contribution < -0.4 is 5.73 Å². The second-order valence-electron chi connectivity index (χ2n) is 5.08. The molecule has 1 saturated heterocycles. The Morgan fingerprint density at radius 1 is 1.12 bits per heavy atom. The van der Waals surface area contributed by atoms with Crippen LogP contribution in [0.3, 0.4) is 0 Å². The molecule has 6 heteroatoms. The van der Waals surface area contributed by atoms with E-state index in [4.69, 9.17) is 5.73 Å². The minimum absolute atomic E-state index is 0. The van der Waals surface area contributed by atoms with Crippen molar-refractivity contribution in [1.29, 1.82) is 0 Å². The highest BCUT2D eigenvalue weighted by molar-refractivity contribution is 5.89. The second-order valence-corrected chi connectivity index (χ2v) is 5.08. The van der Waals surface area contributed by atoms with E-state index in [1.807, 2.05) is 4.90 Å². The van der Waals surface area contributed by atoms with Crippen LogP contribution in [-0.2, 0) is 4.79 Å². The lowest BCUT2D eigenvalue weighted by Crippen LogP contribution is -2.55. The third-order valence-corrected chi connectivity index (χ3v) is 3.55. The molecule has 0 atom stereocenters. The Kier molecular flexibility index (Phi) is 6.22. The van der Waals surface area contributed by atoms with E-state index in [0.717, 1.165) is 39.0 Å². The molecule has 0 aromatic carbocycles. The highest BCUT2D eigenvalue weighted by Crippen LogP contribution is 2.34. The highest BCUT2D eigenvalue weighted by atomic mass is 35.5. The van der Waals surface area contributed by atoms with Crippen molar-refractivity contribution in [2.24, 2.45) is 5.73 Å². The number of carbonyl (C=O) groups excluding carboxylic acids is 1. The Labute approximate surface area is 116 Å². The van der Waals surface area contributed by atoms with Crippen molar-refractivity contribution in [2.45, 2.75) is 38.3 Å². The Morgan fingerprint density at radius 3 is 1.94 bits per heavy atom. The number of hydrogen-bond donors (Lipinski definition) is 1. The van der Waals surface area contributed by atoms with Crippen LogP contribution in [0.1, 0.15) is 26.7 Å². The lowest BCUT2D eigenvalue weighted by molar-refractivity contribution is -0.135. The van der Waals surface area contributed by atoms with Gasteiger partial charge in [0.15, 0.2) is 0 Å². The normalized spacial score (nSPS) is 22.7. The number of nitrogens with zero attached hydrogens (tertiary/aromatic N) is 2. The van der Waals surface area contributed by atoms with E-state index in [-0.39, 0.29) is 30.7 Å². The van der Waals surface area contributed by atoms with Crippen LogP contribution in [-0.4, -0.2) is 53.5 Å². The molecular formula is C11H23Cl2N3O. The predicted octanol–water partition coefficient (Wildman–Crippen LogP) is 0.874. The molecule has 0 bridgehead atoms. The van der Waals surface area contributed by atoms with Crippen LogP contribution in [0.5, 0.6) is 0 Å². The van der Waals surface area contributed by atoms with Gasteiger partial charge in [-0.25, -0.2) is 0 Å². The van der Waals surface area contributed by atoms with Gasteiger partial charge in [-0.2, -0.15) is 0 Å². The molecule has 2 fully saturated rings. The van der Waals surface area contributed by atoms with E-state index in [0.29, 0.717) is 6.04 Å². The minimum Gasteiger partial charge on any atom is -0.339 e. The third-order valence-electron chi connectivity index (χ3n) is 3.55. The molecule has 17 heavy (non-hydrogen) atoms. The summed E-state index contributed by atoms with van der Waals surface area (Å²) in [4.78, 5) is 16.3. The maximum Gasteiger partial charge on any atom is 0.242 e. The van der Waals surface area contributed by atoms with Crippen LogP contribution >= 0.6 is 24.8 Å². The van der Waals surface area contributed by atoms with Crippen molar-refractivity contribution in [1.82, 2.24) is 9.80 Å². The molecule has 1 heterocycles. The van der Waals surface area contributed by atoms with Crippen molar-refractivity contribution in [3.63, 3.8) is 0 Å². The molecule has 2 aliphatic rings. The zero-order valence-corrected chi connectivity index (χ0v) is 12.1. The fraction of sp³-hybridized carbons (Fsp3) is 0.909. The predicted molar refractivity (Wildman–Crippen MR) is 73.9 cm³/mol. The first-order valence-electron chi connectivity index (χ1n) is 5.85. The van der Waals surface area contributed by atoms with Crippen LogP contribution in [0, 0.1) is 0 Å². The molecule has 102 valence electrons. The first-order chi connectivity index (χ1) is 7.03. The maximum atomic E-state index is 11.9. The number of hydrogen-bond acceptors (Lipinski definition) is 3. The zero-order valence-electron chi connectivity index (χ0n) is 10.5. The maximum absolute atomic E-state index is 11.9. The van der Waals surface area contributed by atoms with Crippen LogP contribution in [0.15, 0.2) is 0 Å². The van der Waals surface area contributed by atoms with Gasteiger partial charge in [0, 0.05) is 32.2 Å². The standard InChI is InChI=1S/C11H21N3O.2ClH/c1-9(2)13-5-7-14(8-6-13)10(15)11(12)3-4-11;;/h9H,3-8,12H2,1-2H3;2*1H. The van der Waals surface area contributed by atoms with E-state index in [1.165, 1.54) is 0 Å². The fourth-order valence-corrected chi connectivity index (χ4v) is 2.10. The molecule has 4 nitrogen and oxygen atoms in total. The summed E-state index contributed by atoms with van der Waals surface area (Å²) in [5.41, 5.74) is 5.42. The molecule has 1 amide bonds. The quantitative estimate of drug-likeness (QED) is 0.818. The van der Waals surface area contributed by atoms with Crippen molar-refractivity contribution in [3.8, 4) is 0 Å². The summed E-state index contributed by atoms with van der Waals surface area (Å²) in [5.74, 6) is 0.172. The molecular weight excluding hydrogens is 261 g/mol. The summed E-state index contributed by atoms with van der Waals surface area (Å²) < 4.78 is 0. The van der Waals surface area contributed by atoms with Gasteiger partial charge in [-0.05, 0) is 26.7 Å². The van der Waals surface area contributed by atoms with Gasteiger partial charge in [-0.15, -0.1) is 24.8 Å². The summed E-state index contributed by atoms with van der Waals surface area (Å²) in [6, 6.07) is 0.579. The zero-order chi connectivity index (χ0) is 11.1. The molecule has 0 unspecified atom stereocenters. The lowest BCUT2D eigenvalue weighted by Gasteiger charge is -2.37. The molecule has 2 rings (SSSR count). The number of halogens is 2. The van der Waals surface area contributed by atoms with Crippen molar-refractivity contribution < 1.29 is 4.79 Å². The fourth-order valence-electron chi connectivity index (χ4n) is 2.10. The van der Waals surface area contributed by atoms with E-state index in [9.17, 15) is 4.79 Å². The van der Waals surface area contributed by atoms with Gasteiger partial charge in [0.05, 0.1) is 5.54 Å².